The molecule has 0 saturated heterocycles. The van der Waals surface area contributed by atoms with Crippen LogP contribution >= 0.6 is 11.3 Å². The van der Waals surface area contributed by atoms with Crippen molar-refractivity contribution in [1.29, 1.82) is 0 Å². The number of nitrogens with zero attached hydrogens (tertiary/aromatic N) is 3. The van der Waals surface area contributed by atoms with Gasteiger partial charge in [-0.1, -0.05) is 121 Å². The Morgan fingerprint density at radius 1 is 0.400 bits per heavy atom. The Morgan fingerprint density at radius 2 is 0.960 bits per heavy atom. The summed E-state index contributed by atoms with van der Waals surface area (Å²) in [5.74, 6) is 0. The van der Waals surface area contributed by atoms with Crippen LogP contribution in [0.2, 0.25) is 0 Å². The van der Waals surface area contributed by atoms with Crippen LogP contribution in [0.15, 0.2) is 176 Å². The molecule has 8 aromatic carbocycles. The van der Waals surface area contributed by atoms with Gasteiger partial charge in [-0.2, -0.15) is 0 Å². The molecular weight excluding hydrogens is 627 g/mol. The van der Waals surface area contributed by atoms with E-state index in [-0.39, 0.29) is 0 Å². The van der Waals surface area contributed by atoms with Gasteiger partial charge in [-0.25, -0.2) is 9.97 Å². The summed E-state index contributed by atoms with van der Waals surface area (Å²) in [6.07, 6.45) is 0. The summed E-state index contributed by atoms with van der Waals surface area (Å²) >= 11 is 1.85. The second-order valence-corrected chi connectivity index (χ2v) is 13.7. The maximum Gasteiger partial charge on any atom is 0.0979 e. The fourth-order valence-electron chi connectivity index (χ4n) is 7.26. The Morgan fingerprint density at radius 3 is 1.72 bits per heavy atom. The molecule has 10 rings (SSSR count). The van der Waals surface area contributed by atoms with Gasteiger partial charge >= 0.3 is 0 Å². The third-order valence-electron chi connectivity index (χ3n) is 9.60. The minimum absolute atomic E-state index is 0.878. The molecule has 10 aromatic rings. The van der Waals surface area contributed by atoms with Gasteiger partial charge in [-0.15, -0.1) is 11.3 Å². The van der Waals surface area contributed by atoms with Gasteiger partial charge in [0.15, 0.2) is 0 Å². The van der Waals surface area contributed by atoms with Gasteiger partial charge in [-0.05, 0) is 70.8 Å². The van der Waals surface area contributed by atoms with Gasteiger partial charge in [0, 0.05) is 53.7 Å². The van der Waals surface area contributed by atoms with Crippen LogP contribution in [0.25, 0.3) is 75.3 Å². The van der Waals surface area contributed by atoms with Crippen molar-refractivity contribution in [3.05, 3.63) is 176 Å². The number of anilines is 3. The number of fused-ring (bicyclic) bond motifs is 8. The first-order valence-corrected chi connectivity index (χ1v) is 17.6. The second-order valence-electron chi connectivity index (χ2n) is 12.6. The van der Waals surface area contributed by atoms with Gasteiger partial charge in [0.05, 0.1) is 22.4 Å². The summed E-state index contributed by atoms with van der Waals surface area (Å²) in [5.41, 5.74) is 8.96. The summed E-state index contributed by atoms with van der Waals surface area (Å²) in [7, 11) is 0. The van der Waals surface area contributed by atoms with Crippen molar-refractivity contribution in [3.8, 4) is 22.5 Å². The molecule has 0 aliphatic carbocycles. The quantitative estimate of drug-likeness (QED) is 0.173. The van der Waals surface area contributed by atoms with Crippen LogP contribution in [0.1, 0.15) is 0 Å². The van der Waals surface area contributed by atoms with Crippen LogP contribution < -0.4 is 4.90 Å². The van der Waals surface area contributed by atoms with Crippen molar-refractivity contribution >= 4 is 81.1 Å². The van der Waals surface area contributed by atoms with E-state index in [0.717, 1.165) is 72.2 Å². The number of thiophene rings is 1. The third-order valence-corrected chi connectivity index (χ3v) is 10.8. The van der Waals surface area contributed by atoms with E-state index in [9.17, 15) is 0 Å². The molecule has 3 nitrogen and oxygen atoms in total. The zero-order chi connectivity index (χ0) is 33.0. The minimum atomic E-state index is 0.878. The molecule has 0 radical (unpaired) electrons. The molecule has 0 aliphatic rings. The van der Waals surface area contributed by atoms with Gasteiger partial charge < -0.3 is 4.90 Å². The average Bonchev–Trinajstić information content (AvgIpc) is 3.56. The van der Waals surface area contributed by atoms with Crippen molar-refractivity contribution in [2.45, 2.75) is 0 Å². The zero-order valence-electron chi connectivity index (χ0n) is 27.0. The molecule has 0 saturated carbocycles. The molecule has 2 aromatic heterocycles. The highest BCUT2D eigenvalue weighted by Gasteiger charge is 2.19. The SMILES string of the molecule is c1ccc(-c2nc3ccc4ccc5ccc(N(c6ccccc6)c6ccc7sc8ccccc8c7c6)cc5c4c3nc2-c2ccccc2)cc1. The van der Waals surface area contributed by atoms with Crippen molar-refractivity contribution < 1.29 is 0 Å². The first-order chi connectivity index (χ1) is 24.8. The van der Waals surface area contributed by atoms with E-state index in [4.69, 9.17) is 9.97 Å². The molecule has 0 spiro atoms. The molecule has 0 fully saturated rings. The van der Waals surface area contributed by atoms with Crippen molar-refractivity contribution in [2.75, 3.05) is 4.90 Å². The predicted octanol–water partition coefficient (Wildman–Crippen LogP) is 13.1. The standard InChI is InChI=1S/C46H29N3S/c1-4-12-32(13-5-1)44-45(33-14-6-2-7-15-33)48-46-40(47-44)26-23-31-21-20-30-22-24-35(28-38(30)43(31)46)49(34-16-8-3-9-17-34)36-25-27-42-39(29-36)37-18-10-11-19-41(37)50-42/h1-29H. The molecule has 50 heavy (non-hydrogen) atoms. The summed E-state index contributed by atoms with van der Waals surface area (Å²) in [6.45, 7) is 0. The maximum atomic E-state index is 5.47. The van der Waals surface area contributed by atoms with Crippen LogP contribution in [-0.4, -0.2) is 9.97 Å². The molecule has 0 unspecified atom stereocenters. The highest BCUT2D eigenvalue weighted by Crippen LogP contribution is 2.43. The number of rotatable bonds is 5. The van der Waals surface area contributed by atoms with Crippen LogP contribution in [0.5, 0.6) is 0 Å². The van der Waals surface area contributed by atoms with E-state index < -0.39 is 0 Å². The highest BCUT2D eigenvalue weighted by molar-refractivity contribution is 7.25. The van der Waals surface area contributed by atoms with E-state index in [1.807, 2.05) is 23.5 Å². The van der Waals surface area contributed by atoms with Crippen LogP contribution in [-0.2, 0) is 0 Å². The Hall–Kier alpha value is -6.36. The van der Waals surface area contributed by atoms with Crippen molar-refractivity contribution in [3.63, 3.8) is 0 Å². The predicted molar refractivity (Wildman–Crippen MR) is 213 cm³/mol. The van der Waals surface area contributed by atoms with Crippen molar-refractivity contribution in [1.82, 2.24) is 9.97 Å². The average molecular weight is 656 g/mol. The van der Waals surface area contributed by atoms with Gasteiger partial charge in [-0.3, -0.25) is 0 Å². The molecule has 0 atom stereocenters. The Balaban J connectivity index is 1.24. The largest absolute Gasteiger partial charge is 0.310 e. The molecule has 0 N–H and O–H groups in total. The number of aromatic nitrogens is 2. The van der Waals surface area contributed by atoms with Crippen LogP contribution in [0.4, 0.5) is 17.1 Å². The Bertz CT molecular complexity index is 2860. The lowest BCUT2D eigenvalue weighted by molar-refractivity contribution is 1.29. The topological polar surface area (TPSA) is 29.0 Å². The number of hydrogen-bond acceptors (Lipinski definition) is 4. The Labute approximate surface area is 293 Å². The maximum absolute atomic E-state index is 5.47. The summed E-state index contributed by atoms with van der Waals surface area (Å²) in [5, 5.41) is 7.13. The van der Waals surface area contributed by atoms with Crippen LogP contribution in [0, 0.1) is 0 Å². The smallest absolute Gasteiger partial charge is 0.0979 e. The summed E-state index contributed by atoms with van der Waals surface area (Å²) < 4.78 is 2.60. The van der Waals surface area contributed by atoms with Crippen molar-refractivity contribution in [2.24, 2.45) is 0 Å². The minimum Gasteiger partial charge on any atom is -0.310 e. The van der Waals surface area contributed by atoms with Gasteiger partial charge in [0.2, 0.25) is 0 Å². The van der Waals surface area contributed by atoms with Gasteiger partial charge in [0.25, 0.3) is 0 Å². The van der Waals surface area contributed by atoms with Crippen LogP contribution in [0.3, 0.4) is 0 Å². The fraction of sp³-hybridized carbons (Fsp3) is 0. The molecule has 0 aliphatic heterocycles. The lowest BCUT2D eigenvalue weighted by Crippen LogP contribution is -2.09. The molecule has 234 valence electrons. The number of para-hydroxylation sites is 1. The Kier molecular flexibility index (Phi) is 6.68. The lowest BCUT2D eigenvalue weighted by atomic mass is 9.98. The molecule has 2 heterocycles. The number of benzene rings is 8. The number of hydrogen-bond donors (Lipinski definition) is 0. The first-order valence-electron chi connectivity index (χ1n) is 16.8. The van der Waals surface area contributed by atoms with Gasteiger partial charge in [0.1, 0.15) is 0 Å². The lowest BCUT2D eigenvalue weighted by Gasteiger charge is -2.26. The fourth-order valence-corrected chi connectivity index (χ4v) is 8.34. The summed E-state index contributed by atoms with van der Waals surface area (Å²) in [4.78, 5) is 13.1. The molecular formula is C46H29N3S. The third kappa shape index (κ3) is 4.73. The van der Waals surface area contributed by atoms with E-state index >= 15 is 0 Å². The second kappa shape index (κ2) is 11.7. The van der Waals surface area contributed by atoms with E-state index in [1.54, 1.807) is 0 Å². The highest BCUT2D eigenvalue weighted by atomic mass is 32.1. The van der Waals surface area contributed by atoms with E-state index in [1.165, 1.54) is 20.2 Å². The first kappa shape index (κ1) is 28.6. The molecule has 0 bridgehead atoms. The van der Waals surface area contributed by atoms with E-state index in [2.05, 4.69) is 169 Å². The van der Waals surface area contributed by atoms with E-state index in [0.29, 0.717) is 0 Å². The molecule has 0 amide bonds. The molecule has 4 heteroatoms. The zero-order valence-corrected chi connectivity index (χ0v) is 27.8. The normalized spacial score (nSPS) is 11.6. The monoisotopic (exact) mass is 655 g/mol. The summed E-state index contributed by atoms with van der Waals surface area (Å²) in [6, 6.07) is 62.5.